The average Bonchev–Trinajstić information content (AvgIpc) is 3.55. The quantitative estimate of drug-likeness (QED) is 0.294. The zero-order chi connectivity index (χ0) is 41.5. The number of rotatable bonds is 9. The third kappa shape index (κ3) is 8.21. The van der Waals surface area contributed by atoms with Gasteiger partial charge in [-0.1, -0.05) is 11.6 Å². The monoisotopic (exact) mass is 838 g/mol. The van der Waals surface area contributed by atoms with Crippen molar-refractivity contribution in [3.8, 4) is 11.8 Å². The molecule has 5 aliphatic heterocycles. The number of imide groups is 1. The Hall–Kier alpha value is -5.40. The lowest BCUT2D eigenvalue weighted by molar-refractivity contribution is -0.136. The first-order valence-corrected chi connectivity index (χ1v) is 21.5. The Morgan fingerprint density at radius 2 is 1.75 bits per heavy atom. The Balaban J connectivity index is 0.684. The number of likely N-dealkylation sites (tertiary alicyclic amines) is 1. The van der Waals surface area contributed by atoms with Gasteiger partial charge in [-0.25, -0.2) is 9.37 Å². The van der Waals surface area contributed by atoms with Crippen LogP contribution in [0, 0.1) is 28.5 Å². The summed E-state index contributed by atoms with van der Waals surface area (Å²) in [7, 11) is 0. The SMILES string of the molecule is N#Cc1ccc(OC2CCC(NC(=O)c3cnc(N4CCC(CN5CCC6(CC5)CN(c5cc7c(cc5F)C(=O)N(C5CCC(=O)NC5=O)C7)C6)CC4)nn3)CC2)cc1Cl. The van der Waals surface area contributed by atoms with Gasteiger partial charge in [-0.3, -0.25) is 24.5 Å². The maximum atomic E-state index is 15.4. The molecular weight excluding hydrogens is 791 g/mol. The molecule has 1 saturated carbocycles. The van der Waals surface area contributed by atoms with Crippen molar-refractivity contribution in [2.45, 2.75) is 88.9 Å². The number of nitrogens with one attached hydrogen (secondary N) is 2. The molecule has 6 heterocycles. The number of aromatic nitrogens is 3. The van der Waals surface area contributed by atoms with Gasteiger partial charge < -0.3 is 29.7 Å². The molecule has 314 valence electrons. The van der Waals surface area contributed by atoms with E-state index in [1.54, 1.807) is 24.3 Å². The second-order valence-electron chi connectivity index (χ2n) is 17.4. The third-order valence-corrected chi connectivity index (χ3v) is 13.8. The van der Waals surface area contributed by atoms with E-state index in [1.165, 1.54) is 17.2 Å². The minimum absolute atomic E-state index is 0.00768. The molecule has 1 aliphatic carbocycles. The van der Waals surface area contributed by atoms with E-state index in [4.69, 9.17) is 21.6 Å². The van der Waals surface area contributed by atoms with Gasteiger partial charge in [-0.2, -0.15) is 5.26 Å². The van der Waals surface area contributed by atoms with Gasteiger partial charge >= 0.3 is 0 Å². The van der Waals surface area contributed by atoms with E-state index in [1.807, 2.05) is 6.07 Å². The Morgan fingerprint density at radius 1 is 0.983 bits per heavy atom. The van der Waals surface area contributed by atoms with Gasteiger partial charge in [0.2, 0.25) is 17.8 Å². The van der Waals surface area contributed by atoms with E-state index in [9.17, 15) is 19.2 Å². The Morgan fingerprint density at radius 3 is 2.43 bits per heavy atom. The molecule has 1 aromatic heterocycles. The molecule has 1 unspecified atom stereocenters. The molecule has 60 heavy (non-hydrogen) atoms. The van der Waals surface area contributed by atoms with Crippen LogP contribution in [0.1, 0.15) is 96.2 Å². The summed E-state index contributed by atoms with van der Waals surface area (Å²) in [6.07, 6.45) is 9.22. The summed E-state index contributed by atoms with van der Waals surface area (Å²) in [5.74, 6) is -0.133. The predicted octanol–water partition coefficient (Wildman–Crippen LogP) is 4.24. The second kappa shape index (κ2) is 16.6. The predicted molar refractivity (Wildman–Crippen MR) is 218 cm³/mol. The van der Waals surface area contributed by atoms with Crippen LogP contribution in [-0.2, 0) is 16.1 Å². The highest BCUT2D eigenvalue weighted by Crippen LogP contribution is 2.45. The maximum absolute atomic E-state index is 15.4. The molecule has 4 saturated heterocycles. The first-order chi connectivity index (χ1) is 29.0. The molecular formula is C43H48ClFN10O5. The molecule has 6 aliphatic rings. The van der Waals surface area contributed by atoms with Crippen molar-refractivity contribution in [3.63, 3.8) is 0 Å². The van der Waals surface area contributed by atoms with Gasteiger partial charge in [0.05, 0.1) is 28.6 Å². The highest BCUT2D eigenvalue weighted by Gasteiger charge is 2.47. The number of carbonyl (C=O) groups excluding carboxylic acids is 4. The van der Waals surface area contributed by atoms with E-state index in [2.05, 4.69) is 40.5 Å². The number of piperidine rings is 3. The third-order valence-electron chi connectivity index (χ3n) is 13.5. The van der Waals surface area contributed by atoms with Crippen LogP contribution in [0.15, 0.2) is 36.5 Å². The molecule has 2 N–H and O–H groups in total. The topological polar surface area (TPSA) is 177 Å². The highest BCUT2D eigenvalue weighted by molar-refractivity contribution is 6.31. The molecule has 2 aromatic carbocycles. The van der Waals surface area contributed by atoms with Crippen LogP contribution >= 0.6 is 11.6 Å². The number of carbonyl (C=O) groups is 4. The number of nitrogens with zero attached hydrogens (tertiary/aromatic N) is 8. The summed E-state index contributed by atoms with van der Waals surface area (Å²) in [4.78, 5) is 62.9. The van der Waals surface area contributed by atoms with Crippen molar-refractivity contribution in [1.82, 2.24) is 35.6 Å². The van der Waals surface area contributed by atoms with E-state index in [0.717, 1.165) is 103 Å². The number of fused-ring (bicyclic) bond motifs is 1. The minimum atomic E-state index is -0.723. The number of hydrogen-bond donors (Lipinski definition) is 2. The zero-order valence-electron chi connectivity index (χ0n) is 33.4. The largest absolute Gasteiger partial charge is 0.490 e. The number of hydrogen-bond acceptors (Lipinski definition) is 12. The second-order valence-corrected chi connectivity index (χ2v) is 17.8. The number of ether oxygens (including phenoxy) is 1. The summed E-state index contributed by atoms with van der Waals surface area (Å²) < 4.78 is 21.5. The molecule has 0 radical (unpaired) electrons. The summed E-state index contributed by atoms with van der Waals surface area (Å²) in [6.45, 7) is 6.51. The summed E-state index contributed by atoms with van der Waals surface area (Å²) >= 11 is 6.15. The number of benzene rings is 2. The molecule has 4 amide bonds. The van der Waals surface area contributed by atoms with Crippen LogP contribution in [0.25, 0.3) is 0 Å². The molecule has 0 bridgehead atoms. The summed E-state index contributed by atoms with van der Waals surface area (Å²) in [5, 5.41) is 23.4. The Kier molecular flexibility index (Phi) is 11.1. The van der Waals surface area contributed by atoms with Crippen molar-refractivity contribution < 1.29 is 28.3 Å². The Bertz CT molecular complexity index is 2210. The lowest BCUT2D eigenvalue weighted by atomic mass is 9.71. The lowest BCUT2D eigenvalue weighted by Gasteiger charge is -2.55. The minimum Gasteiger partial charge on any atom is -0.490 e. The van der Waals surface area contributed by atoms with Gasteiger partial charge in [-0.15, -0.1) is 10.2 Å². The van der Waals surface area contributed by atoms with E-state index >= 15 is 4.39 Å². The molecule has 1 atom stereocenters. The number of amides is 4. The fraction of sp³-hybridized carbons (Fsp3) is 0.535. The lowest BCUT2D eigenvalue weighted by Crippen LogP contribution is -2.61. The number of halogens is 2. The first kappa shape index (κ1) is 40.0. The maximum Gasteiger partial charge on any atom is 0.273 e. The summed E-state index contributed by atoms with van der Waals surface area (Å²) in [5.41, 5.74) is 2.29. The van der Waals surface area contributed by atoms with Gasteiger partial charge in [-0.05, 0) is 107 Å². The van der Waals surface area contributed by atoms with Crippen LogP contribution in [0.3, 0.4) is 0 Å². The van der Waals surface area contributed by atoms with E-state index in [0.29, 0.717) is 39.5 Å². The number of nitriles is 1. The standard InChI is InChI=1S/C43H48ClFN10O5/c44-33-18-31(4-1-27(33)20-46)60-30-5-2-29(3-6-30)48-39(57)35-21-47-42(51-50-35)53-13-9-26(10-14-53)22-52-15-11-43(12-16-52)24-54(25-43)37-17-28-23-55(41(59)32(28)19-34(37)45)36-7-8-38(56)49-40(36)58/h1,4,17-19,21,26,29-30,36H,2-3,5-16,22-25H2,(H,48,57)(H,49,56,58). The summed E-state index contributed by atoms with van der Waals surface area (Å²) in [6, 6.07) is 9.50. The molecule has 5 fully saturated rings. The fourth-order valence-corrected chi connectivity index (χ4v) is 10.1. The first-order valence-electron chi connectivity index (χ1n) is 21.1. The zero-order valence-corrected chi connectivity index (χ0v) is 34.1. The molecule has 17 heteroatoms. The van der Waals surface area contributed by atoms with Gasteiger partial charge in [0.25, 0.3) is 11.8 Å². The van der Waals surface area contributed by atoms with Gasteiger partial charge in [0.15, 0.2) is 5.69 Å². The smallest absolute Gasteiger partial charge is 0.273 e. The van der Waals surface area contributed by atoms with E-state index in [-0.39, 0.29) is 60.4 Å². The number of anilines is 2. The molecule has 15 nitrogen and oxygen atoms in total. The van der Waals surface area contributed by atoms with Gasteiger partial charge in [0, 0.05) is 68.8 Å². The molecule has 1 spiro atoms. The highest BCUT2D eigenvalue weighted by atomic mass is 35.5. The van der Waals surface area contributed by atoms with Crippen molar-refractivity contribution in [1.29, 1.82) is 5.26 Å². The van der Waals surface area contributed by atoms with Gasteiger partial charge in [0.1, 0.15) is 23.7 Å². The van der Waals surface area contributed by atoms with Crippen molar-refractivity contribution in [2.24, 2.45) is 11.3 Å². The average molecular weight is 839 g/mol. The van der Waals surface area contributed by atoms with Crippen LogP contribution in [0.4, 0.5) is 16.0 Å². The van der Waals surface area contributed by atoms with Crippen LogP contribution in [0.2, 0.25) is 5.02 Å². The van der Waals surface area contributed by atoms with Crippen LogP contribution in [-0.4, -0.2) is 113 Å². The van der Waals surface area contributed by atoms with Crippen molar-refractivity contribution in [3.05, 3.63) is 69.8 Å². The molecule has 9 rings (SSSR count). The van der Waals surface area contributed by atoms with Crippen molar-refractivity contribution in [2.75, 3.05) is 55.6 Å². The Labute approximate surface area is 352 Å². The van der Waals surface area contributed by atoms with Crippen LogP contribution in [0.5, 0.6) is 5.75 Å². The van der Waals surface area contributed by atoms with Crippen molar-refractivity contribution >= 4 is 46.9 Å². The van der Waals surface area contributed by atoms with E-state index < -0.39 is 17.8 Å². The fourth-order valence-electron chi connectivity index (χ4n) is 9.91. The van der Waals surface area contributed by atoms with Crippen LogP contribution < -0.4 is 25.2 Å². The molecule has 3 aromatic rings. The normalized spacial score (nSPS) is 24.4.